The van der Waals surface area contributed by atoms with Gasteiger partial charge in [-0.15, -0.1) is 0 Å². The summed E-state index contributed by atoms with van der Waals surface area (Å²) in [6.45, 7) is 5.83. The molecule has 0 saturated carbocycles. The summed E-state index contributed by atoms with van der Waals surface area (Å²) in [6.07, 6.45) is 1.59. The smallest absolute Gasteiger partial charge is 0.259 e. The number of nitrogens with one attached hydrogen (secondary N) is 1. The van der Waals surface area contributed by atoms with E-state index >= 15 is 0 Å². The fourth-order valence-electron chi connectivity index (χ4n) is 2.59. The summed E-state index contributed by atoms with van der Waals surface area (Å²) >= 11 is 6.01. The molecule has 2 aromatic carbocycles. The van der Waals surface area contributed by atoms with E-state index in [-0.39, 0.29) is 5.91 Å². The molecule has 0 bridgehead atoms. The van der Waals surface area contributed by atoms with E-state index < -0.39 is 0 Å². The van der Waals surface area contributed by atoms with Crippen LogP contribution in [0.5, 0.6) is 0 Å². The molecule has 1 aromatic heterocycles. The van der Waals surface area contributed by atoms with Gasteiger partial charge in [-0.25, -0.2) is 4.68 Å². The first-order valence-electron chi connectivity index (χ1n) is 7.65. The Balaban J connectivity index is 1.92. The van der Waals surface area contributed by atoms with E-state index in [1.54, 1.807) is 23.0 Å². The maximum Gasteiger partial charge on any atom is 0.259 e. The molecule has 0 fully saturated rings. The van der Waals surface area contributed by atoms with Crippen LogP contribution in [0.2, 0.25) is 5.02 Å². The first kappa shape index (κ1) is 16.3. The zero-order valence-electron chi connectivity index (χ0n) is 13.8. The summed E-state index contributed by atoms with van der Waals surface area (Å²) in [5, 5.41) is 7.88. The summed E-state index contributed by atoms with van der Waals surface area (Å²) < 4.78 is 1.79. The first-order chi connectivity index (χ1) is 11.5. The lowest BCUT2D eigenvalue weighted by Gasteiger charge is -2.10. The Kier molecular flexibility index (Phi) is 4.40. The molecule has 122 valence electrons. The second-order valence-corrected chi connectivity index (χ2v) is 6.19. The van der Waals surface area contributed by atoms with Crippen LogP contribution in [0.25, 0.3) is 5.69 Å². The van der Waals surface area contributed by atoms with Crippen molar-refractivity contribution in [1.82, 2.24) is 9.78 Å². The molecule has 4 nitrogen and oxygen atoms in total. The molecule has 0 aliphatic carbocycles. The predicted molar refractivity (Wildman–Crippen MR) is 97.2 cm³/mol. The molecule has 1 N–H and O–H groups in total. The number of nitrogens with zero attached hydrogens (tertiary/aromatic N) is 2. The van der Waals surface area contributed by atoms with Crippen LogP contribution in [-0.2, 0) is 0 Å². The molecule has 24 heavy (non-hydrogen) atoms. The lowest BCUT2D eigenvalue weighted by atomic mass is 10.1. The van der Waals surface area contributed by atoms with E-state index in [0.717, 1.165) is 22.5 Å². The average Bonchev–Trinajstić information content (AvgIpc) is 2.93. The van der Waals surface area contributed by atoms with Crippen LogP contribution < -0.4 is 5.32 Å². The Morgan fingerprint density at radius 3 is 2.58 bits per heavy atom. The third-order valence-corrected chi connectivity index (χ3v) is 4.28. The normalized spacial score (nSPS) is 10.7. The monoisotopic (exact) mass is 339 g/mol. The topological polar surface area (TPSA) is 46.9 Å². The number of hydrogen-bond acceptors (Lipinski definition) is 2. The summed E-state index contributed by atoms with van der Waals surface area (Å²) in [4.78, 5) is 12.6. The number of carbonyl (C=O) groups excluding carboxylic acids is 1. The van der Waals surface area contributed by atoms with E-state index in [4.69, 9.17) is 11.6 Å². The number of hydrogen-bond donors (Lipinski definition) is 1. The van der Waals surface area contributed by atoms with Crippen LogP contribution in [0.3, 0.4) is 0 Å². The van der Waals surface area contributed by atoms with Gasteiger partial charge in [0.1, 0.15) is 0 Å². The molecule has 0 spiro atoms. The highest BCUT2D eigenvalue weighted by Crippen LogP contribution is 2.22. The van der Waals surface area contributed by atoms with Gasteiger partial charge in [-0.05, 0) is 50.1 Å². The number of anilines is 1. The van der Waals surface area contributed by atoms with Gasteiger partial charge in [0.15, 0.2) is 0 Å². The number of amides is 1. The molecule has 0 aliphatic rings. The minimum absolute atomic E-state index is 0.197. The molecule has 5 heteroatoms. The Labute approximate surface area is 146 Å². The van der Waals surface area contributed by atoms with Crippen molar-refractivity contribution in [3.63, 3.8) is 0 Å². The highest BCUT2D eigenvalue weighted by Gasteiger charge is 2.16. The molecule has 1 amide bonds. The van der Waals surface area contributed by atoms with E-state index in [9.17, 15) is 4.79 Å². The van der Waals surface area contributed by atoms with Gasteiger partial charge in [-0.2, -0.15) is 5.10 Å². The van der Waals surface area contributed by atoms with Gasteiger partial charge < -0.3 is 5.32 Å². The molecule has 0 aliphatic heterocycles. The Morgan fingerprint density at radius 2 is 1.83 bits per heavy atom. The highest BCUT2D eigenvalue weighted by atomic mass is 35.5. The number of aryl methyl sites for hydroxylation is 2. The van der Waals surface area contributed by atoms with Gasteiger partial charge in [-0.3, -0.25) is 4.79 Å². The summed E-state index contributed by atoms with van der Waals surface area (Å²) in [5.41, 5.74) is 5.06. The van der Waals surface area contributed by atoms with E-state index in [1.165, 1.54) is 0 Å². The minimum Gasteiger partial charge on any atom is -0.322 e. The molecule has 0 atom stereocenters. The molecule has 1 heterocycles. The van der Waals surface area contributed by atoms with Crippen LogP contribution >= 0.6 is 11.6 Å². The van der Waals surface area contributed by atoms with Crippen LogP contribution in [0.15, 0.2) is 48.7 Å². The van der Waals surface area contributed by atoms with Gasteiger partial charge in [0, 0.05) is 10.7 Å². The van der Waals surface area contributed by atoms with Crippen molar-refractivity contribution in [2.45, 2.75) is 20.8 Å². The molecule has 3 rings (SSSR count). The quantitative estimate of drug-likeness (QED) is 0.751. The third-order valence-electron chi connectivity index (χ3n) is 4.05. The van der Waals surface area contributed by atoms with Crippen molar-refractivity contribution in [3.05, 3.63) is 76.1 Å². The second-order valence-electron chi connectivity index (χ2n) is 5.76. The fraction of sp³-hybridized carbons (Fsp3) is 0.158. The van der Waals surface area contributed by atoms with E-state index in [0.29, 0.717) is 16.3 Å². The van der Waals surface area contributed by atoms with Crippen LogP contribution in [0.4, 0.5) is 5.69 Å². The van der Waals surface area contributed by atoms with E-state index in [1.807, 2.05) is 51.1 Å². The Bertz CT molecular complexity index is 915. The molecule has 3 aromatic rings. The number of para-hydroxylation sites is 1. The van der Waals surface area contributed by atoms with Crippen molar-refractivity contribution in [2.75, 3.05) is 5.32 Å². The molecular formula is C19H18ClN3O. The molecular weight excluding hydrogens is 322 g/mol. The van der Waals surface area contributed by atoms with Gasteiger partial charge >= 0.3 is 0 Å². The highest BCUT2D eigenvalue weighted by molar-refractivity contribution is 6.31. The number of rotatable bonds is 3. The van der Waals surface area contributed by atoms with Crippen molar-refractivity contribution in [1.29, 1.82) is 0 Å². The zero-order valence-corrected chi connectivity index (χ0v) is 14.6. The summed E-state index contributed by atoms with van der Waals surface area (Å²) in [7, 11) is 0. The van der Waals surface area contributed by atoms with E-state index in [2.05, 4.69) is 10.4 Å². The number of aromatic nitrogens is 2. The largest absolute Gasteiger partial charge is 0.322 e. The van der Waals surface area contributed by atoms with Crippen molar-refractivity contribution >= 4 is 23.2 Å². The van der Waals surface area contributed by atoms with Gasteiger partial charge in [0.25, 0.3) is 5.91 Å². The first-order valence-corrected chi connectivity index (χ1v) is 8.03. The number of carbonyl (C=O) groups is 1. The van der Waals surface area contributed by atoms with Crippen molar-refractivity contribution < 1.29 is 4.79 Å². The minimum atomic E-state index is -0.197. The Morgan fingerprint density at radius 1 is 1.08 bits per heavy atom. The SMILES string of the molecule is Cc1ccc(Cl)cc1NC(=O)c1cnn(-c2ccccc2C)c1C. The maximum absolute atomic E-state index is 12.6. The number of benzene rings is 2. The van der Waals surface area contributed by atoms with Gasteiger partial charge in [0.05, 0.1) is 23.1 Å². The van der Waals surface area contributed by atoms with Crippen molar-refractivity contribution in [3.8, 4) is 5.69 Å². The average molecular weight is 340 g/mol. The summed E-state index contributed by atoms with van der Waals surface area (Å²) in [5.74, 6) is -0.197. The van der Waals surface area contributed by atoms with Crippen LogP contribution in [0.1, 0.15) is 27.2 Å². The third kappa shape index (κ3) is 3.05. The maximum atomic E-state index is 12.6. The van der Waals surface area contributed by atoms with Gasteiger partial charge in [-0.1, -0.05) is 35.9 Å². The van der Waals surface area contributed by atoms with Gasteiger partial charge in [0.2, 0.25) is 0 Å². The lowest BCUT2D eigenvalue weighted by molar-refractivity contribution is 0.102. The lowest BCUT2D eigenvalue weighted by Crippen LogP contribution is -2.14. The predicted octanol–water partition coefficient (Wildman–Crippen LogP) is 4.70. The fourth-order valence-corrected chi connectivity index (χ4v) is 2.77. The zero-order chi connectivity index (χ0) is 17.3. The molecule has 0 unspecified atom stereocenters. The molecule has 0 saturated heterocycles. The van der Waals surface area contributed by atoms with Crippen molar-refractivity contribution in [2.24, 2.45) is 0 Å². The number of halogens is 1. The molecule has 0 radical (unpaired) electrons. The second kappa shape index (κ2) is 6.49. The standard InChI is InChI=1S/C19H18ClN3O/c1-12-8-9-15(20)10-17(12)22-19(24)16-11-21-23(14(16)3)18-7-5-4-6-13(18)2/h4-11H,1-3H3,(H,22,24). The Hall–Kier alpha value is -2.59. The summed E-state index contributed by atoms with van der Waals surface area (Å²) in [6, 6.07) is 13.4. The van der Waals surface area contributed by atoms with Crippen LogP contribution in [-0.4, -0.2) is 15.7 Å². The van der Waals surface area contributed by atoms with Crippen LogP contribution in [0, 0.1) is 20.8 Å².